The van der Waals surface area contributed by atoms with Crippen LogP contribution in [0.15, 0.2) is 17.1 Å². The minimum absolute atomic E-state index is 0.00426. The van der Waals surface area contributed by atoms with Crippen LogP contribution in [0.25, 0.3) is 11.0 Å². The van der Waals surface area contributed by atoms with Crippen LogP contribution in [0.3, 0.4) is 0 Å². The van der Waals surface area contributed by atoms with Crippen LogP contribution >= 0.6 is 11.6 Å². The molecule has 1 saturated carbocycles. The van der Waals surface area contributed by atoms with Crippen LogP contribution in [0.5, 0.6) is 0 Å². The van der Waals surface area contributed by atoms with Crippen LogP contribution in [0.4, 0.5) is 5.95 Å². The Kier molecular flexibility index (Phi) is 5.33. The molecule has 2 aliphatic rings. The predicted octanol–water partition coefficient (Wildman–Crippen LogP) is 3.08. The summed E-state index contributed by atoms with van der Waals surface area (Å²) in [7, 11) is 2.16. The summed E-state index contributed by atoms with van der Waals surface area (Å²) in [4.78, 5) is 23.9. The van der Waals surface area contributed by atoms with Crippen molar-refractivity contribution >= 4 is 28.6 Å². The highest BCUT2D eigenvalue weighted by Crippen LogP contribution is 2.35. The zero-order valence-electron chi connectivity index (χ0n) is 16.7. The van der Waals surface area contributed by atoms with E-state index in [9.17, 15) is 4.79 Å². The van der Waals surface area contributed by atoms with E-state index in [1.807, 2.05) is 13.8 Å². The third kappa shape index (κ3) is 3.75. The summed E-state index contributed by atoms with van der Waals surface area (Å²) in [6, 6.07) is 1.92. The minimum atomic E-state index is -0.216. The number of nitrogens with one attached hydrogen (secondary N) is 1. The number of pyridine rings is 1. The van der Waals surface area contributed by atoms with Gasteiger partial charge in [-0.25, -0.2) is 4.98 Å². The van der Waals surface area contributed by atoms with E-state index in [0.29, 0.717) is 17.6 Å². The Morgan fingerprint density at radius 3 is 2.79 bits per heavy atom. The van der Waals surface area contributed by atoms with Gasteiger partial charge in [-0.1, -0.05) is 11.6 Å². The summed E-state index contributed by atoms with van der Waals surface area (Å²) in [5.41, 5.74) is 0.406. The van der Waals surface area contributed by atoms with Gasteiger partial charge in [-0.2, -0.15) is 4.98 Å². The SMILES string of the molecule is CC(C)n1c(=O)c(Cl)cc2cnc(NC3CCC4(CC3)CN(C)CCO4)nc21. The number of anilines is 1. The van der Waals surface area contributed by atoms with Crippen LogP contribution < -0.4 is 10.9 Å². The lowest BCUT2D eigenvalue weighted by molar-refractivity contribution is -0.122. The number of aromatic nitrogens is 3. The Bertz CT molecular complexity index is 921. The predicted molar refractivity (Wildman–Crippen MR) is 111 cm³/mol. The molecule has 2 fully saturated rings. The average molecular weight is 406 g/mol. The molecule has 0 radical (unpaired) electrons. The summed E-state index contributed by atoms with van der Waals surface area (Å²) in [6.07, 6.45) is 5.85. The fourth-order valence-electron chi connectivity index (χ4n) is 4.44. The van der Waals surface area contributed by atoms with Crippen molar-refractivity contribution in [3.8, 4) is 0 Å². The molecule has 1 aliphatic carbocycles. The van der Waals surface area contributed by atoms with E-state index < -0.39 is 0 Å². The summed E-state index contributed by atoms with van der Waals surface area (Å²) in [5, 5.41) is 4.43. The lowest BCUT2D eigenvalue weighted by atomic mass is 9.81. The third-order valence-corrected chi connectivity index (χ3v) is 6.19. The molecule has 0 aromatic carbocycles. The molecule has 28 heavy (non-hydrogen) atoms. The van der Waals surface area contributed by atoms with Crippen molar-refractivity contribution in [2.75, 3.05) is 32.1 Å². The first-order valence-electron chi connectivity index (χ1n) is 10.0. The number of likely N-dealkylation sites (N-methyl/N-ethyl adjacent to an activating group) is 1. The van der Waals surface area contributed by atoms with Gasteiger partial charge in [0.1, 0.15) is 10.7 Å². The van der Waals surface area contributed by atoms with Gasteiger partial charge < -0.3 is 15.0 Å². The fourth-order valence-corrected chi connectivity index (χ4v) is 4.65. The number of ether oxygens (including phenoxy) is 1. The Hall–Kier alpha value is -1.70. The van der Waals surface area contributed by atoms with Gasteiger partial charge in [0.05, 0.1) is 12.2 Å². The van der Waals surface area contributed by atoms with E-state index in [1.165, 1.54) is 0 Å². The molecule has 0 unspecified atom stereocenters. The van der Waals surface area contributed by atoms with Gasteiger partial charge in [0.2, 0.25) is 5.95 Å². The maximum Gasteiger partial charge on any atom is 0.271 e. The molecule has 1 aliphatic heterocycles. The quantitative estimate of drug-likeness (QED) is 0.846. The number of halogens is 1. The molecule has 0 bridgehead atoms. The molecule has 4 rings (SSSR count). The molecule has 0 amide bonds. The highest BCUT2D eigenvalue weighted by molar-refractivity contribution is 6.31. The molecule has 8 heteroatoms. The first kappa shape index (κ1) is 19.6. The lowest BCUT2D eigenvalue weighted by Crippen LogP contribution is -2.53. The number of hydrogen-bond acceptors (Lipinski definition) is 6. The smallest absolute Gasteiger partial charge is 0.271 e. The van der Waals surface area contributed by atoms with Crippen LogP contribution in [0.1, 0.15) is 45.6 Å². The number of hydrogen-bond donors (Lipinski definition) is 1. The maximum atomic E-state index is 12.5. The van der Waals surface area contributed by atoms with Gasteiger partial charge in [-0.15, -0.1) is 0 Å². The van der Waals surface area contributed by atoms with Crippen molar-refractivity contribution in [2.45, 2.75) is 57.2 Å². The topological polar surface area (TPSA) is 72.3 Å². The molecular weight excluding hydrogens is 378 g/mol. The number of rotatable bonds is 3. The maximum absolute atomic E-state index is 12.5. The highest BCUT2D eigenvalue weighted by Gasteiger charge is 2.39. The zero-order valence-corrected chi connectivity index (χ0v) is 17.5. The standard InChI is InChI=1S/C20H28ClN5O2/c1-13(2)26-17-14(10-16(21)18(26)27)11-22-19(24-17)23-15-4-6-20(7-5-15)12-25(3)8-9-28-20/h10-11,13,15H,4-9,12H2,1-3H3,(H,22,23,24). The Balaban J connectivity index is 1.52. The van der Waals surface area contributed by atoms with Gasteiger partial charge in [-0.3, -0.25) is 9.36 Å². The second-order valence-corrected chi connectivity index (χ2v) is 8.83. The molecule has 3 heterocycles. The van der Waals surface area contributed by atoms with Crippen molar-refractivity contribution in [3.63, 3.8) is 0 Å². The fraction of sp³-hybridized carbons (Fsp3) is 0.650. The number of nitrogens with zero attached hydrogens (tertiary/aromatic N) is 4. The van der Waals surface area contributed by atoms with Crippen molar-refractivity contribution in [3.05, 3.63) is 27.6 Å². The molecule has 7 nitrogen and oxygen atoms in total. The summed E-state index contributed by atoms with van der Waals surface area (Å²) in [6.45, 7) is 6.74. The largest absolute Gasteiger partial charge is 0.372 e. The highest BCUT2D eigenvalue weighted by atomic mass is 35.5. The second kappa shape index (κ2) is 7.61. The van der Waals surface area contributed by atoms with Gasteiger partial charge in [0, 0.05) is 36.8 Å². The Morgan fingerprint density at radius 2 is 2.11 bits per heavy atom. The number of fused-ring (bicyclic) bond motifs is 1. The Morgan fingerprint density at radius 1 is 1.36 bits per heavy atom. The summed E-state index contributed by atoms with van der Waals surface area (Å²) < 4.78 is 7.78. The Labute approximate surface area is 170 Å². The molecule has 2 aromatic rings. The van der Waals surface area contributed by atoms with Gasteiger partial charge in [0.15, 0.2) is 0 Å². The van der Waals surface area contributed by atoms with E-state index in [2.05, 4.69) is 27.2 Å². The van der Waals surface area contributed by atoms with E-state index in [4.69, 9.17) is 16.3 Å². The second-order valence-electron chi connectivity index (χ2n) is 8.42. The lowest BCUT2D eigenvalue weighted by Gasteiger charge is -2.45. The van der Waals surface area contributed by atoms with Crippen LogP contribution in [0, 0.1) is 0 Å². The molecule has 1 spiro atoms. The molecule has 1 saturated heterocycles. The van der Waals surface area contributed by atoms with E-state index >= 15 is 0 Å². The minimum Gasteiger partial charge on any atom is -0.372 e. The molecular formula is C20H28ClN5O2. The van der Waals surface area contributed by atoms with Crippen molar-refractivity contribution in [2.24, 2.45) is 0 Å². The summed E-state index contributed by atoms with van der Waals surface area (Å²) >= 11 is 6.09. The zero-order chi connectivity index (χ0) is 19.9. The normalized spacial score (nSPS) is 26.2. The molecule has 0 atom stereocenters. The molecule has 152 valence electrons. The van der Waals surface area contributed by atoms with E-state index in [1.54, 1.807) is 16.8 Å². The van der Waals surface area contributed by atoms with Crippen molar-refractivity contribution < 1.29 is 4.74 Å². The van der Waals surface area contributed by atoms with Crippen molar-refractivity contribution in [1.82, 2.24) is 19.4 Å². The van der Waals surface area contributed by atoms with Crippen molar-refractivity contribution in [1.29, 1.82) is 0 Å². The van der Waals surface area contributed by atoms with E-state index in [-0.39, 0.29) is 22.2 Å². The van der Waals surface area contributed by atoms with E-state index in [0.717, 1.165) is 50.8 Å². The number of morpholine rings is 1. The van der Waals surface area contributed by atoms with Crippen LogP contribution in [0.2, 0.25) is 5.02 Å². The average Bonchev–Trinajstić information content (AvgIpc) is 2.65. The van der Waals surface area contributed by atoms with Gasteiger partial charge >= 0.3 is 0 Å². The molecule has 1 N–H and O–H groups in total. The van der Waals surface area contributed by atoms with Crippen LogP contribution in [-0.4, -0.2) is 57.8 Å². The molecule has 2 aromatic heterocycles. The third-order valence-electron chi connectivity index (χ3n) is 5.92. The summed E-state index contributed by atoms with van der Waals surface area (Å²) in [5.74, 6) is 0.561. The van der Waals surface area contributed by atoms with Gasteiger partial charge in [0.25, 0.3) is 5.56 Å². The van der Waals surface area contributed by atoms with Gasteiger partial charge in [-0.05, 0) is 52.6 Å². The monoisotopic (exact) mass is 405 g/mol. The first-order chi connectivity index (χ1) is 13.4. The first-order valence-corrected chi connectivity index (χ1v) is 10.4. The van der Waals surface area contributed by atoms with Crippen LogP contribution in [-0.2, 0) is 4.74 Å².